The number of tetrazole rings is 1. The maximum absolute atomic E-state index is 10.6. The summed E-state index contributed by atoms with van der Waals surface area (Å²) >= 11 is 1.01. The number of carboxylic acids is 1. The van der Waals surface area contributed by atoms with Crippen LogP contribution in [0.25, 0.3) is 0 Å². The standard InChI is InChI=1S/C8H6N6O4S/c15-7(16)4-13-8(10-11-12-13)19-6-2-1-5(3-9-6)14(17)18/h1-3H,4H2,(H,15,16). The van der Waals surface area contributed by atoms with Gasteiger partial charge in [-0.15, -0.1) is 5.10 Å². The molecular weight excluding hydrogens is 276 g/mol. The third-order valence-electron chi connectivity index (χ3n) is 1.91. The molecule has 0 spiro atoms. The van der Waals surface area contributed by atoms with Crippen molar-refractivity contribution in [1.82, 2.24) is 25.2 Å². The number of carbonyl (C=O) groups is 1. The quantitative estimate of drug-likeness (QED) is 0.602. The van der Waals surface area contributed by atoms with Crippen molar-refractivity contribution in [2.24, 2.45) is 0 Å². The van der Waals surface area contributed by atoms with Gasteiger partial charge < -0.3 is 5.11 Å². The van der Waals surface area contributed by atoms with Gasteiger partial charge in [-0.1, -0.05) is 0 Å². The summed E-state index contributed by atoms with van der Waals surface area (Å²) in [5.74, 6) is -1.08. The largest absolute Gasteiger partial charge is 0.480 e. The van der Waals surface area contributed by atoms with Gasteiger partial charge in [0.05, 0.1) is 4.92 Å². The van der Waals surface area contributed by atoms with Crippen molar-refractivity contribution in [1.29, 1.82) is 0 Å². The van der Waals surface area contributed by atoms with Gasteiger partial charge in [0.25, 0.3) is 5.69 Å². The summed E-state index contributed by atoms with van der Waals surface area (Å²) in [6.07, 6.45) is 1.10. The highest BCUT2D eigenvalue weighted by atomic mass is 32.2. The van der Waals surface area contributed by atoms with Crippen molar-refractivity contribution < 1.29 is 14.8 Å². The lowest BCUT2D eigenvalue weighted by Crippen LogP contribution is -2.11. The fourth-order valence-corrected chi connectivity index (χ4v) is 1.84. The van der Waals surface area contributed by atoms with E-state index in [9.17, 15) is 14.9 Å². The van der Waals surface area contributed by atoms with E-state index < -0.39 is 10.9 Å². The Morgan fingerprint density at radius 3 is 2.89 bits per heavy atom. The number of pyridine rings is 1. The molecule has 0 bridgehead atoms. The van der Waals surface area contributed by atoms with E-state index in [2.05, 4.69) is 20.5 Å². The van der Waals surface area contributed by atoms with Crippen molar-refractivity contribution in [2.45, 2.75) is 16.7 Å². The molecule has 2 aromatic heterocycles. The van der Waals surface area contributed by atoms with Gasteiger partial charge in [0, 0.05) is 6.07 Å². The lowest BCUT2D eigenvalue weighted by Gasteiger charge is -2.00. The molecule has 0 aliphatic carbocycles. The molecule has 98 valence electrons. The number of aromatic nitrogens is 5. The molecule has 0 atom stereocenters. The topological polar surface area (TPSA) is 137 Å². The maximum Gasteiger partial charge on any atom is 0.325 e. The Kier molecular flexibility index (Phi) is 3.66. The molecule has 0 saturated heterocycles. The molecule has 0 aliphatic rings. The van der Waals surface area contributed by atoms with Gasteiger partial charge in [-0.2, -0.15) is 0 Å². The van der Waals surface area contributed by atoms with Crippen molar-refractivity contribution in [3.05, 3.63) is 28.4 Å². The third-order valence-corrected chi connectivity index (χ3v) is 2.84. The average Bonchev–Trinajstić information content (AvgIpc) is 2.76. The van der Waals surface area contributed by atoms with Crippen LogP contribution < -0.4 is 0 Å². The van der Waals surface area contributed by atoms with E-state index in [1.165, 1.54) is 12.1 Å². The number of carboxylic acid groups (broad SMARTS) is 1. The summed E-state index contributed by atoms with van der Waals surface area (Å²) in [6.45, 7) is -0.373. The minimum absolute atomic E-state index is 0.130. The minimum atomic E-state index is -1.08. The monoisotopic (exact) mass is 282 g/mol. The van der Waals surface area contributed by atoms with Crippen molar-refractivity contribution in [3.63, 3.8) is 0 Å². The molecule has 2 aromatic rings. The molecule has 11 heteroatoms. The van der Waals surface area contributed by atoms with Crippen LogP contribution in [-0.2, 0) is 11.3 Å². The molecule has 0 amide bonds. The molecule has 19 heavy (non-hydrogen) atoms. The van der Waals surface area contributed by atoms with Crippen molar-refractivity contribution in [2.75, 3.05) is 0 Å². The Balaban J connectivity index is 2.15. The molecule has 10 nitrogen and oxygen atoms in total. The predicted octanol–water partition coefficient (Wildman–Crippen LogP) is 0.212. The van der Waals surface area contributed by atoms with Crippen molar-refractivity contribution >= 4 is 23.4 Å². The minimum Gasteiger partial charge on any atom is -0.480 e. The van der Waals surface area contributed by atoms with Crippen LogP contribution in [-0.4, -0.2) is 41.2 Å². The summed E-state index contributed by atoms with van der Waals surface area (Å²) in [5.41, 5.74) is -0.130. The maximum atomic E-state index is 10.6. The molecule has 2 heterocycles. The number of nitro groups is 1. The van der Waals surface area contributed by atoms with Crippen LogP contribution >= 0.6 is 11.8 Å². The smallest absolute Gasteiger partial charge is 0.325 e. The average molecular weight is 282 g/mol. The van der Waals surface area contributed by atoms with Gasteiger partial charge in [0.15, 0.2) is 0 Å². The molecular formula is C8H6N6O4S. The van der Waals surface area contributed by atoms with Gasteiger partial charge in [0.2, 0.25) is 5.16 Å². The highest BCUT2D eigenvalue weighted by Gasteiger charge is 2.12. The van der Waals surface area contributed by atoms with Crippen LogP contribution in [0, 0.1) is 10.1 Å². The van der Waals surface area contributed by atoms with Crippen LogP contribution in [0.4, 0.5) is 5.69 Å². The first-order valence-electron chi connectivity index (χ1n) is 4.82. The fraction of sp³-hybridized carbons (Fsp3) is 0.125. The second kappa shape index (κ2) is 5.39. The van der Waals surface area contributed by atoms with E-state index in [1.54, 1.807) is 0 Å². The number of aliphatic carboxylic acids is 1. The van der Waals surface area contributed by atoms with E-state index in [0.29, 0.717) is 5.03 Å². The van der Waals surface area contributed by atoms with E-state index in [0.717, 1.165) is 22.6 Å². The van der Waals surface area contributed by atoms with Gasteiger partial charge >= 0.3 is 5.97 Å². The molecule has 0 aromatic carbocycles. The summed E-state index contributed by atoms with van der Waals surface area (Å²) in [5, 5.41) is 30.3. The van der Waals surface area contributed by atoms with Gasteiger partial charge in [-0.25, -0.2) is 9.67 Å². The Morgan fingerprint density at radius 2 is 2.32 bits per heavy atom. The third kappa shape index (κ3) is 3.22. The normalized spacial score (nSPS) is 10.3. The van der Waals surface area contributed by atoms with Crippen LogP contribution in [0.3, 0.4) is 0 Å². The molecule has 0 unspecified atom stereocenters. The molecule has 0 fully saturated rings. The number of hydrogen-bond donors (Lipinski definition) is 1. The Hall–Kier alpha value is -2.56. The summed E-state index contributed by atoms with van der Waals surface area (Å²) in [7, 11) is 0. The fourth-order valence-electron chi connectivity index (χ4n) is 1.13. The highest BCUT2D eigenvalue weighted by Crippen LogP contribution is 2.24. The second-order valence-corrected chi connectivity index (χ2v) is 4.21. The van der Waals surface area contributed by atoms with E-state index >= 15 is 0 Å². The van der Waals surface area contributed by atoms with Gasteiger partial charge in [-0.3, -0.25) is 14.9 Å². The molecule has 0 saturated carbocycles. The number of rotatable bonds is 5. The first-order chi connectivity index (χ1) is 9.06. The summed E-state index contributed by atoms with van der Waals surface area (Å²) in [6, 6.07) is 2.73. The number of hydrogen-bond acceptors (Lipinski definition) is 8. The van der Waals surface area contributed by atoms with Crippen LogP contribution in [0.15, 0.2) is 28.5 Å². The Labute approximate surface area is 109 Å². The predicted molar refractivity (Wildman–Crippen MR) is 60.5 cm³/mol. The lowest BCUT2D eigenvalue weighted by atomic mass is 10.4. The van der Waals surface area contributed by atoms with E-state index in [1.807, 2.05) is 0 Å². The summed E-state index contributed by atoms with van der Waals surface area (Å²) < 4.78 is 1.09. The van der Waals surface area contributed by atoms with Gasteiger partial charge in [-0.05, 0) is 28.3 Å². The Morgan fingerprint density at radius 1 is 1.53 bits per heavy atom. The molecule has 2 rings (SSSR count). The Bertz CT molecular complexity index is 612. The van der Waals surface area contributed by atoms with Crippen LogP contribution in [0.5, 0.6) is 0 Å². The lowest BCUT2D eigenvalue weighted by molar-refractivity contribution is -0.385. The second-order valence-electron chi connectivity index (χ2n) is 3.23. The molecule has 0 aliphatic heterocycles. The van der Waals surface area contributed by atoms with Crippen LogP contribution in [0.2, 0.25) is 0 Å². The zero-order chi connectivity index (χ0) is 13.8. The summed E-state index contributed by atoms with van der Waals surface area (Å²) in [4.78, 5) is 24.3. The zero-order valence-corrected chi connectivity index (χ0v) is 10.0. The first-order valence-corrected chi connectivity index (χ1v) is 5.64. The molecule has 1 N–H and O–H groups in total. The SMILES string of the molecule is O=C(O)Cn1nnnc1Sc1ccc([N+](=O)[O-])cn1. The molecule has 0 radical (unpaired) electrons. The van der Waals surface area contributed by atoms with Gasteiger partial charge in [0.1, 0.15) is 17.8 Å². The van der Waals surface area contributed by atoms with Crippen LogP contribution in [0.1, 0.15) is 0 Å². The van der Waals surface area contributed by atoms with E-state index in [4.69, 9.17) is 5.11 Å². The number of nitrogens with zero attached hydrogens (tertiary/aromatic N) is 6. The first kappa shape index (κ1) is 12.9. The zero-order valence-electron chi connectivity index (χ0n) is 9.20. The highest BCUT2D eigenvalue weighted by molar-refractivity contribution is 7.99. The van der Waals surface area contributed by atoms with E-state index in [-0.39, 0.29) is 17.4 Å². The van der Waals surface area contributed by atoms with Crippen molar-refractivity contribution in [3.8, 4) is 0 Å².